The lowest BCUT2D eigenvalue weighted by Crippen LogP contribution is -2.43. The van der Waals surface area contributed by atoms with E-state index in [1.165, 1.54) is 32.6 Å². The van der Waals surface area contributed by atoms with Crippen molar-refractivity contribution in [3.8, 4) is 0 Å². The van der Waals surface area contributed by atoms with Crippen LogP contribution in [0.15, 0.2) is 61.2 Å². The van der Waals surface area contributed by atoms with Gasteiger partial charge in [-0.1, -0.05) is 67.4 Å². The second-order valence-corrected chi connectivity index (χ2v) is 10.7. The quantitative estimate of drug-likeness (QED) is 0.292. The molecule has 1 saturated heterocycles. The van der Waals surface area contributed by atoms with Gasteiger partial charge in [-0.15, -0.1) is 6.58 Å². The van der Waals surface area contributed by atoms with E-state index in [-0.39, 0.29) is 24.7 Å². The van der Waals surface area contributed by atoms with E-state index >= 15 is 0 Å². The molecule has 1 amide bonds. The second kappa shape index (κ2) is 14.6. The minimum atomic E-state index is -0.842. The molecule has 0 radical (unpaired) electrons. The maximum atomic E-state index is 12.2. The zero-order valence-electron chi connectivity index (χ0n) is 23.6. The fraction of sp³-hybridized carbons (Fsp3) is 0.500. The van der Waals surface area contributed by atoms with Gasteiger partial charge >= 0.3 is 5.97 Å². The SMILES string of the molecule is C=CCN(CC1CC(c2ccc(CO)cc2)OC(c2ccc(CNC(=O)C(C)OC(C)=O)cc2)O1)C1CCCC1. The maximum absolute atomic E-state index is 12.2. The first-order valence-corrected chi connectivity index (χ1v) is 14.3. The molecule has 4 unspecified atom stereocenters. The van der Waals surface area contributed by atoms with E-state index in [0.29, 0.717) is 12.6 Å². The molecule has 4 atom stereocenters. The lowest BCUT2D eigenvalue weighted by Gasteiger charge is -2.39. The molecule has 1 aliphatic heterocycles. The smallest absolute Gasteiger partial charge is 0.303 e. The molecule has 2 N–H and O–H groups in total. The summed E-state index contributed by atoms with van der Waals surface area (Å²) in [6.45, 7) is 8.79. The van der Waals surface area contributed by atoms with Crippen LogP contribution in [-0.4, -0.2) is 53.2 Å². The van der Waals surface area contributed by atoms with Crippen LogP contribution in [0.2, 0.25) is 0 Å². The first-order valence-electron chi connectivity index (χ1n) is 14.3. The molecule has 8 heteroatoms. The molecule has 0 bridgehead atoms. The summed E-state index contributed by atoms with van der Waals surface area (Å²) in [5.74, 6) is -0.834. The number of amides is 1. The summed E-state index contributed by atoms with van der Waals surface area (Å²) >= 11 is 0. The van der Waals surface area contributed by atoms with Gasteiger partial charge in [0.15, 0.2) is 12.4 Å². The molecular formula is C32H42N2O6. The summed E-state index contributed by atoms with van der Waals surface area (Å²) in [6, 6.07) is 16.3. The Kier molecular flexibility index (Phi) is 10.9. The summed E-state index contributed by atoms with van der Waals surface area (Å²) < 4.78 is 18.0. The lowest BCUT2D eigenvalue weighted by molar-refractivity contribution is -0.253. The summed E-state index contributed by atoms with van der Waals surface area (Å²) in [4.78, 5) is 25.8. The van der Waals surface area contributed by atoms with Crippen LogP contribution < -0.4 is 5.32 Å². The fourth-order valence-electron chi connectivity index (χ4n) is 5.53. The van der Waals surface area contributed by atoms with Crippen molar-refractivity contribution in [3.63, 3.8) is 0 Å². The number of nitrogens with one attached hydrogen (secondary N) is 1. The van der Waals surface area contributed by atoms with Crippen LogP contribution in [-0.2, 0) is 37.0 Å². The number of esters is 1. The highest BCUT2D eigenvalue weighted by molar-refractivity contribution is 5.82. The number of carbonyl (C=O) groups excluding carboxylic acids is 2. The van der Waals surface area contributed by atoms with Gasteiger partial charge in [0.05, 0.1) is 18.8 Å². The molecule has 4 rings (SSSR count). The molecule has 2 aromatic carbocycles. The first-order chi connectivity index (χ1) is 19.4. The highest BCUT2D eigenvalue weighted by Gasteiger charge is 2.34. The minimum Gasteiger partial charge on any atom is -0.453 e. The Bertz CT molecular complexity index is 1110. The Morgan fingerprint density at radius 2 is 1.73 bits per heavy atom. The third kappa shape index (κ3) is 8.24. The monoisotopic (exact) mass is 550 g/mol. The van der Waals surface area contributed by atoms with Crippen molar-refractivity contribution in [1.29, 1.82) is 0 Å². The third-order valence-electron chi connectivity index (χ3n) is 7.69. The number of carbonyl (C=O) groups is 2. The standard InChI is InChI=1S/C32H42N2O6/c1-4-17-34(28-7-5-6-8-28)20-29-18-30(26-13-11-25(21-35)12-14-26)40-32(39-29)27-15-9-24(10-16-27)19-33-31(37)22(2)38-23(3)36/h4,9-16,22,28-30,32,35H,1,5-8,17-21H2,2-3H3,(H,33,37). The number of rotatable bonds is 12. The summed E-state index contributed by atoms with van der Waals surface area (Å²) in [6.07, 6.45) is 6.12. The van der Waals surface area contributed by atoms with Gasteiger partial charge in [0.2, 0.25) is 0 Å². The number of hydrogen-bond donors (Lipinski definition) is 2. The van der Waals surface area contributed by atoms with Gasteiger partial charge in [-0.05, 0) is 36.5 Å². The van der Waals surface area contributed by atoms with Crippen molar-refractivity contribution < 1.29 is 28.9 Å². The van der Waals surface area contributed by atoms with Crippen LogP contribution >= 0.6 is 0 Å². The maximum Gasteiger partial charge on any atom is 0.303 e. The third-order valence-corrected chi connectivity index (χ3v) is 7.69. The van der Waals surface area contributed by atoms with Gasteiger partial charge in [-0.2, -0.15) is 0 Å². The summed E-state index contributed by atoms with van der Waals surface area (Å²) in [5, 5.41) is 12.3. The van der Waals surface area contributed by atoms with Crippen molar-refractivity contribution in [2.24, 2.45) is 0 Å². The number of ether oxygens (including phenoxy) is 3. The molecule has 1 saturated carbocycles. The van der Waals surface area contributed by atoms with E-state index < -0.39 is 18.4 Å². The Balaban J connectivity index is 1.46. The predicted octanol–water partition coefficient (Wildman–Crippen LogP) is 4.72. The largest absolute Gasteiger partial charge is 0.453 e. The van der Waals surface area contributed by atoms with Crippen LogP contribution in [0.4, 0.5) is 0 Å². The second-order valence-electron chi connectivity index (χ2n) is 10.7. The van der Waals surface area contributed by atoms with Crippen LogP contribution in [0.3, 0.4) is 0 Å². The van der Waals surface area contributed by atoms with Crippen molar-refractivity contribution in [3.05, 3.63) is 83.4 Å². The molecular weight excluding hydrogens is 508 g/mol. The van der Waals surface area contributed by atoms with Gasteiger partial charge in [-0.25, -0.2) is 0 Å². The molecule has 2 fully saturated rings. The van der Waals surface area contributed by atoms with E-state index in [4.69, 9.17) is 14.2 Å². The minimum absolute atomic E-state index is 0.00747. The number of hydrogen-bond acceptors (Lipinski definition) is 7. The Morgan fingerprint density at radius 1 is 1.07 bits per heavy atom. The van der Waals surface area contributed by atoms with Gasteiger partial charge in [0.25, 0.3) is 5.91 Å². The highest BCUT2D eigenvalue weighted by atomic mass is 16.7. The number of aliphatic hydroxyl groups excluding tert-OH is 1. The predicted molar refractivity (Wildman–Crippen MR) is 152 cm³/mol. The molecule has 1 heterocycles. The molecule has 2 aromatic rings. The van der Waals surface area contributed by atoms with Crippen molar-refractivity contribution in [1.82, 2.24) is 10.2 Å². The van der Waals surface area contributed by atoms with Gasteiger partial charge in [0.1, 0.15) is 0 Å². The summed E-state index contributed by atoms with van der Waals surface area (Å²) in [7, 11) is 0. The topological polar surface area (TPSA) is 97.3 Å². The van der Waals surface area contributed by atoms with E-state index in [1.54, 1.807) is 6.92 Å². The summed E-state index contributed by atoms with van der Waals surface area (Å²) in [5.41, 5.74) is 3.75. The van der Waals surface area contributed by atoms with E-state index in [0.717, 1.165) is 41.8 Å². The van der Waals surface area contributed by atoms with Crippen LogP contribution in [0, 0.1) is 0 Å². The molecule has 8 nitrogen and oxygen atoms in total. The van der Waals surface area contributed by atoms with Crippen LogP contribution in [0.5, 0.6) is 0 Å². The fourth-order valence-corrected chi connectivity index (χ4v) is 5.53. The molecule has 0 spiro atoms. The van der Waals surface area contributed by atoms with Crippen molar-refractivity contribution in [2.45, 2.75) is 89.7 Å². The molecule has 2 aliphatic rings. The average molecular weight is 551 g/mol. The number of nitrogens with zero attached hydrogens (tertiary/aromatic N) is 1. The first kappa shape index (κ1) is 29.9. The average Bonchev–Trinajstić information content (AvgIpc) is 3.51. The Hall–Kier alpha value is -3.04. The van der Waals surface area contributed by atoms with E-state index in [9.17, 15) is 14.7 Å². The van der Waals surface area contributed by atoms with Crippen molar-refractivity contribution >= 4 is 11.9 Å². The zero-order valence-corrected chi connectivity index (χ0v) is 23.6. The Labute approximate surface area is 237 Å². The van der Waals surface area contributed by atoms with Gasteiger partial charge < -0.3 is 24.6 Å². The van der Waals surface area contributed by atoms with E-state index in [1.807, 2.05) is 54.6 Å². The Morgan fingerprint density at radius 3 is 2.35 bits per heavy atom. The normalized spacial score (nSPS) is 22.1. The van der Waals surface area contributed by atoms with Crippen LogP contribution in [0.25, 0.3) is 0 Å². The molecule has 0 aromatic heterocycles. The molecule has 1 aliphatic carbocycles. The van der Waals surface area contributed by atoms with E-state index in [2.05, 4.69) is 16.8 Å². The van der Waals surface area contributed by atoms with Crippen LogP contribution in [0.1, 0.15) is 80.6 Å². The highest BCUT2D eigenvalue weighted by Crippen LogP contribution is 2.38. The lowest BCUT2D eigenvalue weighted by atomic mass is 9.99. The number of aliphatic hydroxyl groups is 1. The van der Waals surface area contributed by atoms with Gasteiger partial charge in [0, 0.05) is 44.6 Å². The van der Waals surface area contributed by atoms with Gasteiger partial charge in [-0.3, -0.25) is 14.5 Å². The number of benzene rings is 2. The molecule has 216 valence electrons. The zero-order chi connectivity index (χ0) is 28.5. The van der Waals surface area contributed by atoms with Crippen molar-refractivity contribution in [2.75, 3.05) is 13.1 Å². The molecule has 40 heavy (non-hydrogen) atoms.